The normalized spacial score (nSPS) is 10.8. The van der Waals surface area contributed by atoms with Gasteiger partial charge >= 0.3 is 0 Å². The zero-order valence-corrected chi connectivity index (χ0v) is 12.5. The predicted molar refractivity (Wildman–Crippen MR) is 83.8 cm³/mol. The van der Waals surface area contributed by atoms with E-state index in [2.05, 4.69) is 55.5 Å². The van der Waals surface area contributed by atoms with Crippen LogP contribution in [0.4, 0.5) is 5.13 Å². The Morgan fingerprint density at radius 1 is 1.21 bits per heavy atom. The van der Waals surface area contributed by atoms with Crippen LogP contribution in [-0.4, -0.2) is 16.5 Å². The molecule has 1 N–H and O–H groups in total. The van der Waals surface area contributed by atoms with Gasteiger partial charge in [0.2, 0.25) is 0 Å². The van der Waals surface area contributed by atoms with Crippen LogP contribution in [0.5, 0.6) is 0 Å². The summed E-state index contributed by atoms with van der Waals surface area (Å²) in [6.07, 6.45) is 2.78. The maximum absolute atomic E-state index is 4.46. The van der Waals surface area contributed by atoms with E-state index in [1.54, 1.807) is 11.3 Å². The molecule has 5 heteroatoms. The van der Waals surface area contributed by atoms with Crippen LogP contribution in [0.25, 0.3) is 10.9 Å². The third kappa shape index (κ3) is 2.93. The average Bonchev–Trinajstić information content (AvgIpc) is 2.85. The highest BCUT2D eigenvalue weighted by molar-refractivity contribution is 9.10. The van der Waals surface area contributed by atoms with Crippen LogP contribution in [-0.2, 0) is 6.42 Å². The summed E-state index contributed by atoms with van der Waals surface area (Å²) in [6, 6.07) is 10.4. The van der Waals surface area contributed by atoms with E-state index in [-0.39, 0.29) is 0 Å². The molecule has 19 heavy (non-hydrogen) atoms. The Kier molecular flexibility index (Phi) is 3.75. The van der Waals surface area contributed by atoms with Crippen molar-refractivity contribution in [2.75, 3.05) is 11.9 Å². The molecule has 3 aromatic rings. The average molecular weight is 334 g/mol. The Morgan fingerprint density at radius 3 is 2.95 bits per heavy atom. The number of para-hydroxylation sites is 1. The summed E-state index contributed by atoms with van der Waals surface area (Å²) in [4.78, 5) is 8.78. The monoisotopic (exact) mass is 333 g/mol. The maximum Gasteiger partial charge on any atom is 0.183 e. The number of hydrogen-bond donors (Lipinski definition) is 1. The molecule has 0 aliphatic carbocycles. The number of hydrogen-bond acceptors (Lipinski definition) is 4. The van der Waals surface area contributed by atoms with Crippen molar-refractivity contribution in [2.24, 2.45) is 0 Å². The lowest BCUT2D eigenvalue weighted by Gasteiger charge is -2.06. The summed E-state index contributed by atoms with van der Waals surface area (Å²) >= 11 is 4.95. The van der Waals surface area contributed by atoms with Crippen molar-refractivity contribution in [1.82, 2.24) is 9.97 Å². The van der Waals surface area contributed by atoms with Gasteiger partial charge in [0.1, 0.15) is 4.60 Å². The van der Waals surface area contributed by atoms with Crippen molar-refractivity contribution >= 4 is 43.3 Å². The molecule has 0 aliphatic rings. The van der Waals surface area contributed by atoms with Gasteiger partial charge in [0, 0.05) is 23.5 Å². The lowest BCUT2D eigenvalue weighted by atomic mass is 10.1. The molecule has 0 amide bonds. The lowest BCUT2D eigenvalue weighted by molar-refractivity contribution is 1.02. The Labute approximate surface area is 123 Å². The van der Waals surface area contributed by atoms with E-state index >= 15 is 0 Å². The number of pyridine rings is 1. The first-order valence-electron chi connectivity index (χ1n) is 6.00. The minimum atomic E-state index is 0.857. The molecule has 0 bridgehead atoms. The van der Waals surface area contributed by atoms with E-state index in [9.17, 15) is 0 Å². The smallest absolute Gasteiger partial charge is 0.183 e. The summed E-state index contributed by atoms with van der Waals surface area (Å²) in [5.41, 5.74) is 2.35. The third-order valence-corrected chi connectivity index (χ3v) is 4.37. The quantitative estimate of drug-likeness (QED) is 0.780. The van der Waals surface area contributed by atoms with E-state index < -0.39 is 0 Å². The zero-order chi connectivity index (χ0) is 13.1. The SMILES string of the molecule is Brc1csc(NCCc2cccc3cccnc23)n1. The molecule has 0 fully saturated rings. The molecular weight excluding hydrogens is 322 g/mol. The molecule has 2 heterocycles. The van der Waals surface area contributed by atoms with Crippen molar-refractivity contribution in [3.63, 3.8) is 0 Å². The summed E-state index contributed by atoms with van der Waals surface area (Å²) in [6.45, 7) is 0.857. The van der Waals surface area contributed by atoms with Crippen molar-refractivity contribution in [1.29, 1.82) is 0 Å². The summed E-state index contributed by atoms with van der Waals surface area (Å²) < 4.78 is 0.881. The highest BCUT2D eigenvalue weighted by atomic mass is 79.9. The van der Waals surface area contributed by atoms with Gasteiger partial charge in [0.25, 0.3) is 0 Å². The second-order valence-corrected chi connectivity index (χ2v) is 5.81. The van der Waals surface area contributed by atoms with Crippen molar-refractivity contribution < 1.29 is 0 Å². The molecule has 1 aromatic carbocycles. The fourth-order valence-electron chi connectivity index (χ4n) is 2.01. The molecule has 0 spiro atoms. The molecule has 3 rings (SSSR count). The van der Waals surface area contributed by atoms with E-state index in [0.717, 1.165) is 28.2 Å². The van der Waals surface area contributed by atoms with E-state index in [1.165, 1.54) is 10.9 Å². The van der Waals surface area contributed by atoms with Gasteiger partial charge in [0.15, 0.2) is 5.13 Å². The van der Waals surface area contributed by atoms with Crippen LogP contribution >= 0.6 is 27.3 Å². The van der Waals surface area contributed by atoms with Gasteiger partial charge in [-0.05, 0) is 34.0 Å². The number of aromatic nitrogens is 2. The molecule has 0 saturated carbocycles. The second-order valence-electron chi connectivity index (χ2n) is 4.14. The molecule has 0 saturated heterocycles. The maximum atomic E-state index is 4.46. The van der Waals surface area contributed by atoms with Gasteiger partial charge in [-0.15, -0.1) is 11.3 Å². The lowest BCUT2D eigenvalue weighted by Crippen LogP contribution is -2.05. The first-order chi connectivity index (χ1) is 9.33. The minimum Gasteiger partial charge on any atom is -0.361 e. The summed E-state index contributed by atoms with van der Waals surface area (Å²) in [5.74, 6) is 0. The molecule has 2 aromatic heterocycles. The fraction of sp³-hybridized carbons (Fsp3) is 0.143. The first kappa shape index (κ1) is 12.6. The van der Waals surface area contributed by atoms with Gasteiger partial charge in [-0.3, -0.25) is 4.98 Å². The molecule has 0 radical (unpaired) electrons. The largest absolute Gasteiger partial charge is 0.361 e. The van der Waals surface area contributed by atoms with Crippen molar-refractivity contribution in [2.45, 2.75) is 6.42 Å². The first-order valence-corrected chi connectivity index (χ1v) is 7.68. The van der Waals surface area contributed by atoms with E-state index in [0.29, 0.717) is 0 Å². The van der Waals surface area contributed by atoms with E-state index in [1.807, 2.05) is 17.6 Å². The molecule has 0 atom stereocenters. The minimum absolute atomic E-state index is 0.857. The highest BCUT2D eigenvalue weighted by Gasteiger charge is 2.02. The Balaban J connectivity index is 1.71. The number of benzene rings is 1. The third-order valence-electron chi connectivity index (χ3n) is 2.86. The predicted octanol–water partition coefficient (Wildman–Crippen LogP) is 4.11. The van der Waals surface area contributed by atoms with Crippen LogP contribution in [0.3, 0.4) is 0 Å². The van der Waals surface area contributed by atoms with Crippen LogP contribution in [0.2, 0.25) is 0 Å². The molecule has 3 nitrogen and oxygen atoms in total. The Bertz CT molecular complexity index is 690. The zero-order valence-electron chi connectivity index (χ0n) is 10.1. The van der Waals surface area contributed by atoms with Crippen molar-refractivity contribution in [3.8, 4) is 0 Å². The fourth-order valence-corrected chi connectivity index (χ4v) is 3.18. The number of thiazole rings is 1. The Morgan fingerprint density at radius 2 is 2.11 bits per heavy atom. The van der Waals surface area contributed by atoms with Crippen LogP contribution < -0.4 is 5.32 Å². The van der Waals surface area contributed by atoms with Crippen LogP contribution in [0.15, 0.2) is 46.5 Å². The van der Waals surface area contributed by atoms with Gasteiger partial charge in [-0.25, -0.2) is 4.98 Å². The standard InChI is InChI=1S/C14H12BrN3S/c15-12-9-19-14(18-12)17-8-6-11-4-1-3-10-5-2-7-16-13(10)11/h1-5,7,9H,6,8H2,(H,17,18). The summed E-state index contributed by atoms with van der Waals surface area (Å²) in [5, 5.41) is 7.44. The van der Waals surface area contributed by atoms with Crippen LogP contribution in [0, 0.1) is 0 Å². The van der Waals surface area contributed by atoms with Crippen LogP contribution in [0.1, 0.15) is 5.56 Å². The number of rotatable bonds is 4. The van der Waals surface area contributed by atoms with Crippen molar-refractivity contribution in [3.05, 3.63) is 52.1 Å². The van der Waals surface area contributed by atoms with Gasteiger partial charge in [0.05, 0.1) is 5.52 Å². The van der Waals surface area contributed by atoms with Gasteiger partial charge < -0.3 is 5.32 Å². The number of fused-ring (bicyclic) bond motifs is 1. The van der Waals surface area contributed by atoms with Gasteiger partial charge in [-0.1, -0.05) is 24.3 Å². The van der Waals surface area contributed by atoms with Gasteiger partial charge in [-0.2, -0.15) is 0 Å². The molecular formula is C14H12BrN3S. The Hall–Kier alpha value is -1.46. The second kappa shape index (κ2) is 5.67. The number of halogens is 1. The molecule has 96 valence electrons. The molecule has 0 aliphatic heterocycles. The number of nitrogens with one attached hydrogen (secondary N) is 1. The number of nitrogens with zero attached hydrogens (tertiary/aromatic N) is 2. The highest BCUT2D eigenvalue weighted by Crippen LogP contribution is 2.20. The number of anilines is 1. The summed E-state index contributed by atoms with van der Waals surface area (Å²) in [7, 11) is 0. The molecule has 0 unspecified atom stereocenters. The topological polar surface area (TPSA) is 37.8 Å². The van der Waals surface area contributed by atoms with E-state index in [4.69, 9.17) is 0 Å².